The van der Waals surface area contributed by atoms with Gasteiger partial charge in [-0.2, -0.15) is 13.2 Å². The molecule has 122 valence electrons. The highest BCUT2D eigenvalue weighted by molar-refractivity contribution is 5.09. The number of aromatic amines is 1. The summed E-state index contributed by atoms with van der Waals surface area (Å²) in [6.07, 6.45) is 4.33. The van der Waals surface area contributed by atoms with Crippen LogP contribution in [0.3, 0.4) is 0 Å². The predicted molar refractivity (Wildman–Crippen MR) is 75.3 cm³/mol. The molecule has 0 aromatic carbocycles. The number of hydrogen-bond acceptors (Lipinski definition) is 3. The first-order valence-corrected chi connectivity index (χ1v) is 7.67. The molecule has 2 atom stereocenters. The number of likely N-dealkylation sites (tertiary alicyclic amines) is 1. The van der Waals surface area contributed by atoms with Gasteiger partial charge < -0.3 is 9.72 Å². The highest BCUT2D eigenvalue weighted by atomic mass is 19.4. The number of nitrogens with zero attached hydrogens (tertiary/aromatic N) is 2. The van der Waals surface area contributed by atoms with E-state index in [2.05, 4.69) is 14.9 Å². The standard InChI is InChI=1S/C15H20F3N3O/c16-15(17,18)13-8-19-14(20-13)11-4-3-6-21(9-11)10-12-5-1-2-7-22-12/h2,7-8,11-12H,1,3-6,9-10H2,(H,19,20)/t11-,12+/m1/s1. The number of H-pyrrole nitrogens is 1. The van der Waals surface area contributed by atoms with Crippen molar-refractivity contribution in [3.63, 3.8) is 0 Å². The van der Waals surface area contributed by atoms with Crippen molar-refractivity contribution in [3.05, 3.63) is 30.1 Å². The maximum absolute atomic E-state index is 12.6. The van der Waals surface area contributed by atoms with Gasteiger partial charge in [0.1, 0.15) is 17.6 Å². The molecular weight excluding hydrogens is 295 g/mol. The molecule has 0 aliphatic carbocycles. The molecule has 0 spiro atoms. The van der Waals surface area contributed by atoms with Crippen molar-refractivity contribution < 1.29 is 17.9 Å². The second-order valence-electron chi connectivity index (χ2n) is 5.99. The Hall–Kier alpha value is -1.50. The Labute approximate surface area is 127 Å². The molecule has 1 aromatic heterocycles. The number of ether oxygens (including phenoxy) is 1. The number of aromatic nitrogens is 2. The summed E-state index contributed by atoms with van der Waals surface area (Å²) in [6, 6.07) is 0. The van der Waals surface area contributed by atoms with Gasteiger partial charge in [-0.1, -0.05) is 0 Å². The number of nitrogens with one attached hydrogen (secondary N) is 1. The molecule has 3 rings (SSSR count). The maximum atomic E-state index is 12.6. The van der Waals surface area contributed by atoms with Crippen molar-refractivity contribution in [2.24, 2.45) is 0 Å². The molecule has 1 fully saturated rings. The van der Waals surface area contributed by atoms with Crippen molar-refractivity contribution in [2.75, 3.05) is 19.6 Å². The fourth-order valence-corrected chi connectivity index (χ4v) is 3.14. The summed E-state index contributed by atoms with van der Waals surface area (Å²) in [5.74, 6) is 0.477. The van der Waals surface area contributed by atoms with Gasteiger partial charge in [-0.05, 0) is 38.3 Å². The van der Waals surface area contributed by atoms with Gasteiger partial charge >= 0.3 is 6.18 Å². The third-order valence-corrected chi connectivity index (χ3v) is 4.28. The van der Waals surface area contributed by atoms with Crippen LogP contribution in [0.4, 0.5) is 13.2 Å². The molecule has 3 heterocycles. The molecule has 2 aliphatic rings. The number of piperidine rings is 1. The van der Waals surface area contributed by atoms with E-state index < -0.39 is 11.9 Å². The van der Waals surface area contributed by atoms with E-state index in [0.29, 0.717) is 5.82 Å². The number of halogens is 3. The first kappa shape index (κ1) is 15.4. The zero-order chi connectivity index (χ0) is 15.6. The van der Waals surface area contributed by atoms with Gasteiger partial charge in [-0.3, -0.25) is 4.90 Å². The first-order valence-electron chi connectivity index (χ1n) is 7.67. The van der Waals surface area contributed by atoms with Crippen LogP contribution >= 0.6 is 0 Å². The molecule has 2 aliphatic heterocycles. The van der Waals surface area contributed by atoms with E-state index in [1.54, 1.807) is 6.26 Å². The molecular formula is C15H20F3N3O. The van der Waals surface area contributed by atoms with E-state index in [0.717, 1.165) is 51.5 Å². The normalized spacial score (nSPS) is 26.9. The van der Waals surface area contributed by atoms with Gasteiger partial charge in [0.2, 0.25) is 0 Å². The Balaban J connectivity index is 1.60. The van der Waals surface area contributed by atoms with E-state index >= 15 is 0 Å². The molecule has 0 unspecified atom stereocenters. The van der Waals surface area contributed by atoms with E-state index in [1.807, 2.05) is 6.08 Å². The highest BCUT2D eigenvalue weighted by Crippen LogP contribution is 2.31. The Bertz CT molecular complexity index is 526. The predicted octanol–water partition coefficient (Wildman–Crippen LogP) is 3.30. The van der Waals surface area contributed by atoms with Crippen LogP contribution in [0, 0.1) is 0 Å². The number of hydrogen-bond donors (Lipinski definition) is 1. The largest absolute Gasteiger partial charge is 0.497 e. The van der Waals surface area contributed by atoms with Gasteiger partial charge in [0.15, 0.2) is 0 Å². The average molecular weight is 315 g/mol. The Morgan fingerprint density at radius 2 is 2.23 bits per heavy atom. The fraction of sp³-hybridized carbons (Fsp3) is 0.667. The third-order valence-electron chi connectivity index (χ3n) is 4.28. The summed E-state index contributed by atoms with van der Waals surface area (Å²) in [6.45, 7) is 2.52. The van der Waals surface area contributed by atoms with Crippen molar-refractivity contribution in [3.8, 4) is 0 Å². The molecule has 0 amide bonds. The van der Waals surface area contributed by atoms with Crippen LogP contribution < -0.4 is 0 Å². The Kier molecular flexibility index (Phi) is 4.42. The number of alkyl halides is 3. The summed E-state index contributed by atoms with van der Waals surface area (Å²) in [7, 11) is 0. The monoisotopic (exact) mass is 315 g/mol. The second kappa shape index (κ2) is 6.32. The summed E-state index contributed by atoms with van der Waals surface area (Å²) in [5.41, 5.74) is -0.764. The van der Waals surface area contributed by atoms with E-state index in [4.69, 9.17) is 4.74 Å². The zero-order valence-corrected chi connectivity index (χ0v) is 12.3. The Morgan fingerprint density at radius 3 is 2.91 bits per heavy atom. The first-order chi connectivity index (χ1) is 10.5. The van der Waals surface area contributed by atoms with Gasteiger partial charge in [-0.25, -0.2) is 4.98 Å². The van der Waals surface area contributed by atoms with Gasteiger partial charge in [-0.15, -0.1) is 0 Å². The average Bonchev–Trinajstić information content (AvgIpc) is 2.99. The summed E-state index contributed by atoms with van der Waals surface area (Å²) >= 11 is 0. The lowest BCUT2D eigenvalue weighted by Gasteiger charge is -2.34. The highest BCUT2D eigenvalue weighted by Gasteiger charge is 2.34. The summed E-state index contributed by atoms with van der Waals surface area (Å²) in [5, 5.41) is 0. The summed E-state index contributed by atoms with van der Waals surface area (Å²) in [4.78, 5) is 8.66. The zero-order valence-electron chi connectivity index (χ0n) is 12.3. The molecule has 1 saturated heterocycles. The van der Waals surface area contributed by atoms with E-state index in [1.165, 1.54) is 0 Å². The molecule has 22 heavy (non-hydrogen) atoms. The Morgan fingerprint density at radius 1 is 1.36 bits per heavy atom. The third kappa shape index (κ3) is 3.63. The molecule has 1 N–H and O–H groups in total. The van der Waals surface area contributed by atoms with Crippen molar-refractivity contribution in [1.82, 2.24) is 14.9 Å². The van der Waals surface area contributed by atoms with E-state index in [-0.39, 0.29) is 12.0 Å². The minimum absolute atomic E-state index is 0.0315. The molecule has 1 aromatic rings. The lowest BCUT2D eigenvalue weighted by atomic mass is 9.96. The lowest BCUT2D eigenvalue weighted by Crippen LogP contribution is -2.40. The van der Waals surface area contributed by atoms with Crippen LogP contribution in [0.2, 0.25) is 0 Å². The van der Waals surface area contributed by atoms with Crippen LogP contribution in [0.25, 0.3) is 0 Å². The molecule has 4 nitrogen and oxygen atoms in total. The second-order valence-corrected chi connectivity index (χ2v) is 5.99. The topological polar surface area (TPSA) is 41.2 Å². The van der Waals surface area contributed by atoms with Crippen molar-refractivity contribution in [1.29, 1.82) is 0 Å². The van der Waals surface area contributed by atoms with E-state index in [9.17, 15) is 13.2 Å². The quantitative estimate of drug-likeness (QED) is 0.930. The molecule has 0 bridgehead atoms. The van der Waals surface area contributed by atoms with Gasteiger partial charge in [0, 0.05) is 19.0 Å². The number of rotatable bonds is 3. The smallest absolute Gasteiger partial charge is 0.432 e. The minimum Gasteiger partial charge on any atom is -0.497 e. The van der Waals surface area contributed by atoms with Crippen LogP contribution in [0.1, 0.15) is 43.1 Å². The van der Waals surface area contributed by atoms with Crippen molar-refractivity contribution >= 4 is 0 Å². The number of allylic oxidation sites excluding steroid dienone is 1. The number of imidazole rings is 1. The molecule has 7 heteroatoms. The fourth-order valence-electron chi connectivity index (χ4n) is 3.14. The van der Waals surface area contributed by atoms with Gasteiger partial charge in [0.05, 0.1) is 12.5 Å². The SMILES string of the molecule is FC(F)(F)c1cnc([C@@H]2CCCN(C[C@@H]3CCC=CO3)C2)[nH]1. The lowest BCUT2D eigenvalue weighted by molar-refractivity contribution is -0.141. The summed E-state index contributed by atoms with van der Waals surface area (Å²) < 4.78 is 43.5. The maximum Gasteiger partial charge on any atom is 0.432 e. The van der Waals surface area contributed by atoms with Crippen LogP contribution in [0.5, 0.6) is 0 Å². The molecule has 0 saturated carbocycles. The van der Waals surface area contributed by atoms with Crippen LogP contribution in [0.15, 0.2) is 18.5 Å². The van der Waals surface area contributed by atoms with Crippen LogP contribution in [-0.2, 0) is 10.9 Å². The van der Waals surface area contributed by atoms with Crippen molar-refractivity contribution in [2.45, 2.75) is 43.9 Å². The minimum atomic E-state index is -4.36. The van der Waals surface area contributed by atoms with Crippen LogP contribution in [-0.4, -0.2) is 40.6 Å². The molecule has 0 radical (unpaired) electrons. The van der Waals surface area contributed by atoms with Gasteiger partial charge in [0.25, 0.3) is 0 Å².